The zero-order chi connectivity index (χ0) is 14.4. The molecule has 0 spiro atoms. The van der Waals surface area contributed by atoms with E-state index >= 15 is 0 Å². The van der Waals surface area contributed by atoms with Crippen molar-refractivity contribution in [1.82, 2.24) is 10.6 Å². The maximum atomic E-state index is 11.7. The Bertz CT molecular complexity index is 488. The summed E-state index contributed by atoms with van der Waals surface area (Å²) in [6.45, 7) is 3.93. The number of nitrogens with one attached hydrogen (secondary N) is 2. The Balaban J connectivity index is 1.92. The molecule has 1 saturated heterocycles. The number of carbonyl (C=O) groups is 2. The lowest BCUT2D eigenvalue weighted by molar-refractivity contribution is -0.117. The molecule has 1 fully saturated rings. The second kappa shape index (κ2) is 6.93. The van der Waals surface area contributed by atoms with Gasteiger partial charge >= 0.3 is 6.03 Å². The second-order valence-electron chi connectivity index (χ2n) is 4.93. The molecule has 0 radical (unpaired) electrons. The Morgan fingerprint density at radius 2 is 2.20 bits per heavy atom. The van der Waals surface area contributed by atoms with Gasteiger partial charge in [0.05, 0.1) is 0 Å². The molecule has 5 heteroatoms. The highest BCUT2D eigenvalue weighted by Crippen LogP contribution is 2.22. The van der Waals surface area contributed by atoms with Crippen molar-refractivity contribution in [2.45, 2.75) is 32.7 Å². The van der Waals surface area contributed by atoms with E-state index in [1.54, 1.807) is 4.90 Å². The third-order valence-electron chi connectivity index (χ3n) is 3.28. The summed E-state index contributed by atoms with van der Waals surface area (Å²) in [4.78, 5) is 25.0. The van der Waals surface area contributed by atoms with Crippen LogP contribution in [-0.4, -0.2) is 25.0 Å². The van der Waals surface area contributed by atoms with Crippen molar-refractivity contribution in [3.8, 4) is 0 Å². The Morgan fingerprint density at radius 1 is 1.35 bits per heavy atom. The van der Waals surface area contributed by atoms with E-state index in [0.717, 1.165) is 30.6 Å². The molecule has 1 aromatic carbocycles. The number of anilines is 1. The molecule has 0 aromatic heterocycles. The van der Waals surface area contributed by atoms with Crippen LogP contribution >= 0.6 is 0 Å². The van der Waals surface area contributed by atoms with E-state index in [1.807, 2.05) is 31.2 Å². The predicted molar refractivity (Wildman–Crippen MR) is 78.6 cm³/mol. The summed E-state index contributed by atoms with van der Waals surface area (Å²) in [7, 11) is 0. The van der Waals surface area contributed by atoms with E-state index in [4.69, 9.17) is 0 Å². The predicted octanol–water partition coefficient (Wildman–Crippen LogP) is 2.02. The monoisotopic (exact) mass is 275 g/mol. The van der Waals surface area contributed by atoms with Gasteiger partial charge in [-0.05, 0) is 30.5 Å². The quantitative estimate of drug-likeness (QED) is 0.863. The first-order valence-electron chi connectivity index (χ1n) is 7.11. The number of hydrogen-bond acceptors (Lipinski definition) is 2. The molecule has 1 heterocycles. The van der Waals surface area contributed by atoms with E-state index in [1.165, 1.54) is 0 Å². The first-order chi connectivity index (χ1) is 9.70. The van der Waals surface area contributed by atoms with Crippen LogP contribution in [0.2, 0.25) is 0 Å². The second-order valence-corrected chi connectivity index (χ2v) is 4.93. The van der Waals surface area contributed by atoms with Crippen molar-refractivity contribution in [2.75, 3.05) is 18.0 Å². The van der Waals surface area contributed by atoms with Gasteiger partial charge in [0, 0.05) is 31.7 Å². The number of benzene rings is 1. The molecule has 3 amide bonds. The highest BCUT2D eigenvalue weighted by Gasteiger charge is 2.21. The normalized spacial score (nSPS) is 14.4. The Kier molecular flexibility index (Phi) is 4.98. The first-order valence-corrected chi connectivity index (χ1v) is 7.11. The van der Waals surface area contributed by atoms with Crippen molar-refractivity contribution >= 4 is 17.6 Å². The SMILES string of the molecule is CCCNC(=O)NCc1cccc(N2CCCC2=O)c1. The summed E-state index contributed by atoms with van der Waals surface area (Å²) in [5.74, 6) is 0.177. The zero-order valence-electron chi connectivity index (χ0n) is 11.8. The summed E-state index contributed by atoms with van der Waals surface area (Å²) >= 11 is 0. The standard InChI is InChI=1S/C15H21N3O2/c1-2-8-16-15(20)17-11-12-5-3-6-13(10-12)18-9-4-7-14(18)19/h3,5-6,10H,2,4,7-9,11H2,1H3,(H2,16,17,20). The van der Waals surface area contributed by atoms with Crippen LogP contribution in [-0.2, 0) is 11.3 Å². The zero-order valence-corrected chi connectivity index (χ0v) is 11.8. The van der Waals surface area contributed by atoms with Gasteiger partial charge in [-0.1, -0.05) is 19.1 Å². The molecule has 1 aliphatic heterocycles. The lowest BCUT2D eigenvalue weighted by atomic mass is 10.2. The van der Waals surface area contributed by atoms with Crippen LogP contribution in [0, 0.1) is 0 Å². The molecule has 1 aromatic rings. The van der Waals surface area contributed by atoms with Crippen molar-refractivity contribution in [1.29, 1.82) is 0 Å². The Morgan fingerprint density at radius 3 is 2.90 bits per heavy atom. The van der Waals surface area contributed by atoms with Gasteiger partial charge < -0.3 is 15.5 Å². The van der Waals surface area contributed by atoms with E-state index in [9.17, 15) is 9.59 Å². The number of amides is 3. The molecule has 0 bridgehead atoms. The van der Waals surface area contributed by atoms with Gasteiger partial charge in [0.2, 0.25) is 5.91 Å². The van der Waals surface area contributed by atoms with E-state index in [-0.39, 0.29) is 11.9 Å². The van der Waals surface area contributed by atoms with Gasteiger partial charge in [0.25, 0.3) is 0 Å². The molecule has 2 rings (SSSR count). The van der Waals surface area contributed by atoms with Crippen LogP contribution in [0.25, 0.3) is 0 Å². The van der Waals surface area contributed by atoms with Crippen LogP contribution in [0.3, 0.4) is 0 Å². The molecule has 20 heavy (non-hydrogen) atoms. The molecule has 5 nitrogen and oxygen atoms in total. The van der Waals surface area contributed by atoms with Crippen molar-refractivity contribution in [3.05, 3.63) is 29.8 Å². The number of nitrogens with zero attached hydrogens (tertiary/aromatic N) is 1. The van der Waals surface area contributed by atoms with Crippen molar-refractivity contribution < 1.29 is 9.59 Å². The number of carbonyl (C=O) groups excluding carboxylic acids is 2. The first kappa shape index (κ1) is 14.4. The highest BCUT2D eigenvalue weighted by molar-refractivity contribution is 5.95. The van der Waals surface area contributed by atoms with Crippen LogP contribution in [0.15, 0.2) is 24.3 Å². The maximum absolute atomic E-state index is 11.7. The summed E-state index contributed by atoms with van der Waals surface area (Å²) < 4.78 is 0. The minimum Gasteiger partial charge on any atom is -0.338 e. The summed E-state index contributed by atoms with van der Waals surface area (Å²) in [6, 6.07) is 7.61. The van der Waals surface area contributed by atoms with Gasteiger partial charge in [-0.15, -0.1) is 0 Å². The Hall–Kier alpha value is -2.04. The van der Waals surface area contributed by atoms with Crippen molar-refractivity contribution in [2.24, 2.45) is 0 Å². The van der Waals surface area contributed by atoms with Gasteiger partial charge in [-0.3, -0.25) is 4.79 Å². The minimum atomic E-state index is -0.158. The molecule has 0 saturated carbocycles. The molecule has 0 atom stereocenters. The number of urea groups is 1. The maximum Gasteiger partial charge on any atom is 0.315 e. The number of rotatable bonds is 5. The van der Waals surface area contributed by atoms with Gasteiger partial charge in [0.15, 0.2) is 0 Å². The highest BCUT2D eigenvalue weighted by atomic mass is 16.2. The van der Waals surface area contributed by atoms with Gasteiger partial charge in [-0.2, -0.15) is 0 Å². The fourth-order valence-electron chi connectivity index (χ4n) is 2.24. The van der Waals surface area contributed by atoms with Crippen LogP contribution in [0.4, 0.5) is 10.5 Å². The van der Waals surface area contributed by atoms with Crippen LogP contribution in [0.5, 0.6) is 0 Å². The molecule has 108 valence electrons. The van der Waals surface area contributed by atoms with Crippen molar-refractivity contribution in [3.63, 3.8) is 0 Å². The summed E-state index contributed by atoms with van der Waals surface area (Å²) in [5.41, 5.74) is 1.91. The third-order valence-corrected chi connectivity index (χ3v) is 3.28. The summed E-state index contributed by atoms with van der Waals surface area (Å²) in [5, 5.41) is 5.57. The molecular weight excluding hydrogens is 254 g/mol. The largest absolute Gasteiger partial charge is 0.338 e. The van der Waals surface area contributed by atoms with Crippen LogP contribution < -0.4 is 15.5 Å². The lowest BCUT2D eigenvalue weighted by Crippen LogP contribution is -2.35. The average molecular weight is 275 g/mol. The van der Waals surface area contributed by atoms with Crippen LogP contribution in [0.1, 0.15) is 31.7 Å². The van der Waals surface area contributed by atoms with E-state index in [2.05, 4.69) is 10.6 Å². The Labute approximate surface area is 119 Å². The summed E-state index contributed by atoms with van der Waals surface area (Å²) in [6.07, 6.45) is 2.46. The smallest absolute Gasteiger partial charge is 0.315 e. The molecule has 0 unspecified atom stereocenters. The third kappa shape index (κ3) is 3.73. The fraction of sp³-hybridized carbons (Fsp3) is 0.467. The molecule has 0 aliphatic carbocycles. The van der Waals surface area contributed by atoms with Gasteiger partial charge in [0.1, 0.15) is 0 Å². The topological polar surface area (TPSA) is 61.4 Å². The lowest BCUT2D eigenvalue weighted by Gasteiger charge is -2.16. The van der Waals surface area contributed by atoms with E-state index < -0.39 is 0 Å². The molecule has 1 aliphatic rings. The van der Waals surface area contributed by atoms with Gasteiger partial charge in [-0.25, -0.2) is 4.79 Å². The minimum absolute atomic E-state index is 0.158. The average Bonchev–Trinajstić information content (AvgIpc) is 2.89. The molecular formula is C15H21N3O2. The van der Waals surface area contributed by atoms with E-state index in [0.29, 0.717) is 19.5 Å². The fourth-order valence-corrected chi connectivity index (χ4v) is 2.24. The molecule has 2 N–H and O–H groups in total. The number of hydrogen-bond donors (Lipinski definition) is 2.